The number of aromatic nitrogens is 2. The van der Waals surface area contributed by atoms with Crippen LogP contribution in [0, 0.1) is 5.82 Å². The Balaban J connectivity index is 1.69. The highest BCUT2D eigenvalue weighted by molar-refractivity contribution is 9.10. The highest BCUT2D eigenvalue weighted by atomic mass is 79.9. The van der Waals surface area contributed by atoms with Gasteiger partial charge < -0.3 is 14.2 Å². The number of methoxy groups -OCH3 is 2. The van der Waals surface area contributed by atoms with Crippen LogP contribution in [0.25, 0.3) is 10.9 Å². The summed E-state index contributed by atoms with van der Waals surface area (Å²) in [5.74, 6) is 1.55. The van der Waals surface area contributed by atoms with Gasteiger partial charge in [-0.15, -0.1) is 0 Å². The van der Waals surface area contributed by atoms with Crippen molar-refractivity contribution in [1.82, 2.24) is 9.66 Å². The Morgan fingerprint density at radius 3 is 2.41 bits per heavy atom. The van der Waals surface area contributed by atoms with E-state index in [-0.39, 0.29) is 18.0 Å². The molecule has 0 saturated heterocycles. The molecule has 7 nitrogen and oxygen atoms in total. The molecule has 0 aliphatic carbocycles. The van der Waals surface area contributed by atoms with Gasteiger partial charge in [-0.2, -0.15) is 9.78 Å². The molecule has 0 N–H and O–H groups in total. The van der Waals surface area contributed by atoms with Crippen LogP contribution < -0.4 is 19.8 Å². The predicted molar refractivity (Wildman–Crippen MR) is 146 cm³/mol. The maximum atomic E-state index is 13.3. The summed E-state index contributed by atoms with van der Waals surface area (Å²) in [6.45, 7) is 2.29. The van der Waals surface area contributed by atoms with Gasteiger partial charge in [0, 0.05) is 16.5 Å². The van der Waals surface area contributed by atoms with E-state index in [2.05, 4.69) is 28.0 Å². The lowest BCUT2D eigenvalue weighted by Crippen LogP contribution is -2.22. The second kappa shape index (κ2) is 12.0. The largest absolute Gasteiger partial charge is 0.493 e. The van der Waals surface area contributed by atoms with Crippen LogP contribution in [0.4, 0.5) is 4.39 Å². The second-order valence-electron chi connectivity index (χ2n) is 8.32. The summed E-state index contributed by atoms with van der Waals surface area (Å²) in [6, 6.07) is 15.0. The van der Waals surface area contributed by atoms with Gasteiger partial charge in [-0.05, 0) is 54.4 Å². The molecule has 0 bridgehead atoms. The van der Waals surface area contributed by atoms with E-state index in [1.54, 1.807) is 36.5 Å². The molecule has 0 fully saturated rings. The Morgan fingerprint density at radius 1 is 1.05 bits per heavy atom. The third-order valence-corrected chi connectivity index (χ3v) is 6.22. The molecule has 0 radical (unpaired) electrons. The van der Waals surface area contributed by atoms with E-state index in [9.17, 15) is 9.18 Å². The van der Waals surface area contributed by atoms with Crippen molar-refractivity contribution in [2.24, 2.45) is 5.10 Å². The fourth-order valence-corrected chi connectivity index (χ4v) is 4.15. The van der Waals surface area contributed by atoms with E-state index in [1.165, 1.54) is 31.0 Å². The molecule has 0 aliphatic rings. The standard InChI is InChI=1S/C28H27BrFN3O4/c1-4-5-6-26-32-23-12-9-20(29)15-22(23)28(34)33(26)31-16-19-13-24(35-2)27(25(14-19)36-3)37-17-18-7-10-21(30)11-8-18/h7-16H,4-6,17H2,1-3H3. The molecular weight excluding hydrogens is 541 g/mol. The van der Waals surface area contributed by atoms with Gasteiger partial charge in [0.15, 0.2) is 11.5 Å². The van der Waals surface area contributed by atoms with Crippen LogP contribution in [-0.2, 0) is 13.0 Å². The lowest BCUT2D eigenvalue weighted by atomic mass is 10.2. The smallest absolute Gasteiger partial charge is 0.282 e. The van der Waals surface area contributed by atoms with Gasteiger partial charge in [0.1, 0.15) is 18.2 Å². The number of benzene rings is 3. The number of ether oxygens (including phenoxy) is 3. The van der Waals surface area contributed by atoms with Crippen molar-refractivity contribution >= 4 is 33.0 Å². The highest BCUT2D eigenvalue weighted by Gasteiger charge is 2.15. The van der Waals surface area contributed by atoms with Crippen molar-refractivity contribution in [2.45, 2.75) is 32.8 Å². The molecular formula is C28H27BrFN3O4. The molecule has 4 aromatic rings. The summed E-state index contributed by atoms with van der Waals surface area (Å²) < 4.78 is 32.4. The van der Waals surface area contributed by atoms with Crippen molar-refractivity contribution in [3.8, 4) is 17.2 Å². The molecule has 0 saturated carbocycles. The van der Waals surface area contributed by atoms with E-state index >= 15 is 0 Å². The summed E-state index contributed by atoms with van der Waals surface area (Å²) in [7, 11) is 3.05. The quantitative estimate of drug-likeness (QED) is 0.216. The zero-order chi connectivity index (χ0) is 26.4. The van der Waals surface area contributed by atoms with Crippen LogP contribution in [0.3, 0.4) is 0 Å². The number of rotatable bonds is 10. The third-order valence-electron chi connectivity index (χ3n) is 5.73. The number of aryl methyl sites for hydroxylation is 1. The van der Waals surface area contributed by atoms with E-state index in [0.717, 1.165) is 22.9 Å². The van der Waals surface area contributed by atoms with Gasteiger partial charge in [-0.3, -0.25) is 4.79 Å². The molecule has 3 aromatic carbocycles. The molecule has 0 atom stereocenters. The van der Waals surface area contributed by atoms with E-state index < -0.39 is 0 Å². The number of hydrogen-bond donors (Lipinski definition) is 0. The molecule has 9 heteroatoms. The first-order valence-electron chi connectivity index (χ1n) is 11.8. The minimum Gasteiger partial charge on any atom is -0.493 e. The first-order valence-corrected chi connectivity index (χ1v) is 12.6. The minimum atomic E-state index is -0.311. The molecule has 4 rings (SSSR count). The Hall–Kier alpha value is -3.72. The van der Waals surface area contributed by atoms with Crippen LogP contribution in [0.5, 0.6) is 17.2 Å². The van der Waals surface area contributed by atoms with Crippen molar-refractivity contribution in [2.75, 3.05) is 14.2 Å². The normalized spacial score (nSPS) is 11.3. The minimum absolute atomic E-state index is 0.203. The Kier molecular flexibility index (Phi) is 8.55. The lowest BCUT2D eigenvalue weighted by Gasteiger charge is -2.15. The third kappa shape index (κ3) is 6.17. The number of halogens is 2. The van der Waals surface area contributed by atoms with Crippen LogP contribution in [0.1, 0.15) is 36.7 Å². The average Bonchev–Trinajstić information content (AvgIpc) is 2.91. The predicted octanol–water partition coefficient (Wildman–Crippen LogP) is 6.12. The summed E-state index contributed by atoms with van der Waals surface area (Å²) >= 11 is 3.43. The monoisotopic (exact) mass is 567 g/mol. The fraction of sp³-hybridized carbons (Fsp3) is 0.250. The van der Waals surface area contributed by atoms with Gasteiger partial charge in [0.2, 0.25) is 5.75 Å². The Labute approximate surface area is 222 Å². The van der Waals surface area contributed by atoms with Crippen LogP contribution in [-0.4, -0.2) is 30.1 Å². The molecule has 0 spiro atoms. The topological polar surface area (TPSA) is 74.9 Å². The van der Waals surface area contributed by atoms with E-state index in [1.807, 2.05) is 12.1 Å². The number of hydrogen-bond acceptors (Lipinski definition) is 6. The Morgan fingerprint density at radius 2 is 1.76 bits per heavy atom. The SMILES string of the molecule is CCCCc1nc2ccc(Br)cc2c(=O)n1N=Cc1cc(OC)c(OCc2ccc(F)cc2)c(OC)c1. The molecule has 1 aromatic heterocycles. The summed E-state index contributed by atoms with van der Waals surface area (Å²) in [5, 5.41) is 4.98. The number of unbranched alkanes of at least 4 members (excludes halogenated alkanes) is 1. The fourth-order valence-electron chi connectivity index (χ4n) is 3.79. The van der Waals surface area contributed by atoms with Crippen molar-refractivity contribution in [1.29, 1.82) is 0 Å². The Bertz CT molecular complexity index is 1460. The molecule has 0 amide bonds. The first-order chi connectivity index (χ1) is 17.9. The molecule has 0 unspecified atom stereocenters. The van der Waals surface area contributed by atoms with Gasteiger partial charge in [-0.1, -0.05) is 41.4 Å². The van der Waals surface area contributed by atoms with Gasteiger partial charge in [0.05, 0.1) is 31.3 Å². The second-order valence-corrected chi connectivity index (χ2v) is 9.24. The summed E-state index contributed by atoms with van der Waals surface area (Å²) in [4.78, 5) is 18.0. The van der Waals surface area contributed by atoms with Crippen molar-refractivity contribution in [3.63, 3.8) is 0 Å². The van der Waals surface area contributed by atoms with Gasteiger partial charge >= 0.3 is 0 Å². The number of nitrogens with zero attached hydrogens (tertiary/aromatic N) is 3. The average molecular weight is 568 g/mol. The van der Waals surface area contributed by atoms with E-state index in [4.69, 9.17) is 19.2 Å². The summed E-state index contributed by atoms with van der Waals surface area (Å²) in [6.07, 6.45) is 4.03. The zero-order valence-corrected chi connectivity index (χ0v) is 22.4. The maximum absolute atomic E-state index is 13.3. The maximum Gasteiger partial charge on any atom is 0.282 e. The van der Waals surface area contributed by atoms with E-state index in [0.29, 0.717) is 46.0 Å². The van der Waals surface area contributed by atoms with Gasteiger partial charge in [-0.25, -0.2) is 9.37 Å². The molecule has 37 heavy (non-hydrogen) atoms. The molecule has 0 aliphatic heterocycles. The first kappa shape index (κ1) is 26.3. The number of fused-ring (bicyclic) bond motifs is 1. The highest BCUT2D eigenvalue weighted by Crippen LogP contribution is 2.38. The summed E-state index contributed by atoms with van der Waals surface area (Å²) in [5.41, 5.74) is 1.83. The van der Waals surface area contributed by atoms with Crippen molar-refractivity contribution < 1.29 is 18.6 Å². The zero-order valence-electron chi connectivity index (χ0n) is 20.8. The lowest BCUT2D eigenvalue weighted by molar-refractivity contribution is 0.266. The van der Waals surface area contributed by atoms with Crippen LogP contribution >= 0.6 is 15.9 Å². The van der Waals surface area contributed by atoms with Gasteiger partial charge in [0.25, 0.3) is 5.56 Å². The molecule has 192 valence electrons. The molecule has 1 heterocycles. The van der Waals surface area contributed by atoms with Crippen LogP contribution in [0.15, 0.2) is 69.0 Å². The van der Waals surface area contributed by atoms with Crippen molar-refractivity contribution in [3.05, 3.63) is 92.2 Å². The van der Waals surface area contributed by atoms with Crippen LogP contribution in [0.2, 0.25) is 0 Å².